The van der Waals surface area contributed by atoms with Crippen molar-refractivity contribution in [1.29, 1.82) is 5.41 Å². The van der Waals surface area contributed by atoms with Gasteiger partial charge in [0.1, 0.15) is 6.23 Å². The summed E-state index contributed by atoms with van der Waals surface area (Å²) in [6.07, 6.45) is 5.26. The highest BCUT2D eigenvalue weighted by Gasteiger charge is 2.13. The Balaban J connectivity index is 2.04. The monoisotopic (exact) mass is 273 g/mol. The van der Waals surface area contributed by atoms with Gasteiger partial charge in [0.05, 0.1) is 11.3 Å². The van der Waals surface area contributed by atoms with Crippen LogP contribution < -0.4 is 11.1 Å². The Hall–Kier alpha value is -2.14. The normalized spacial score (nSPS) is 19.4. The van der Waals surface area contributed by atoms with Gasteiger partial charge in [-0.1, -0.05) is 12.1 Å². The van der Waals surface area contributed by atoms with Crippen molar-refractivity contribution in [3.8, 4) is 0 Å². The van der Waals surface area contributed by atoms with Crippen molar-refractivity contribution in [2.75, 3.05) is 12.3 Å². The summed E-state index contributed by atoms with van der Waals surface area (Å²) in [6, 6.07) is 6.88. The Labute approximate surface area is 118 Å². The summed E-state index contributed by atoms with van der Waals surface area (Å²) < 4.78 is 5.52. The first-order chi connectivity index (χ1) is 9.70. The molecule has 1 fully saturated rings. The van der Waals surface area contributed by atoms with Gasteiger partial charge in [-0.15, -0.1) is 0 Å². The van der Waals surface area contributed by atoms with Gasteiger partial charge in [0.25, 0.3) is 0 Å². The maximum absolute atomic E-state index is 11.1. The molecule has 1 atom stereocenters. The summed E-state index contributed by atoms with van der Waals surface area (Å²) in [5.41, 5.74) is 7.36. The average molecular weight is 273 g/mol. The summed E-state index contributed by atoms with van der Waals surface area (Å²) in [5, 5.41) is 11.1. The zero-order valence-electron chi connectivity index (χ0n) is 11.3. The zero-order valence-corrected chi connectivity index (χ0v) is 11.3. The molecule has 0 bridgehead atoms. The summed E-state index contributed by atoms with van der Waals surface area (Å²) in [6.45, 7) is 0.733. The summed E-state index contributed by atoms with van der Waals surface area (Å²) in [4.78, 5) is 11.1. The number of nitrogen functional groups attached to an aromatic ring is 1. The molecule has 1 heterocycles. The van der Waals surface area contributed by atoms with E-state index in [1.807, 2.05) is 0 Å². The summed E-state index contributed by atoms with van der Waals surface area (Å²) in [7, 11) is 0. The molecule has 1 aliphatic heterocycles. The van der Waals surface area contributed by atoms with Crippen LogP contribution in [0.1, 0.15) is 24.8 Å². The van der Waals surface area contributed by atoms with Crippen LogP contribution in [-0.2, 0) is 9.53 Å². The second kappa shape index (κ2) is 6.86. The molecule has 0 radical (unpaired) electrons. The molecule has 0 spiro atoms. The Bertz CT molecular complexity index is 502. The van der Waals surface area contributed by atoms with Crippen molar-refractivity contribution in [3.63, 3.8) is 0 Å². The molecule has 1 unspecified atom stereocenters. The van der Waals surface area contributed by atoms with Gasteiger partial charge in [-0.2, -0.15) is 0 Å². The number of anilines is 1. The van der Waals surface area contributed by atoms with Crippen LogP contribution in [0.4, 0.5) is 5.69 Å². The third kappa shape index (κ3) is 3.68. The maximum atomic E-state index is 11.1. The Morgan fingerprint density at radius 1 is 1.35 bits per heavy atom. The molecule has 2 rings (SSSR count). The van der Waals surface area contributed by atoms with E-state index in [-0.39, 0.29) is 11.9 Å². The molecule has 4 N–H and O–H groups in total. The van der Waals surface area contributed by atoms with Crippen LogP contribution >= 0.6 is 0 Å². The molecule has 1 aromatic carbocycles. The smallest absolute Gasteiger partial charge is 0.153 e. The third-order valence-electron chi connectivity index (χ3n) is 3.22. The van der Waals surface area contributed by atoms with Crippen LogP contribution in [0.5, 0.6) is 0 Å². The van der Waals surface area contributed by atoms with Gasteiger partial charge in [-0.3, -0.25) is 10.2 Å². The standard InChI is InChI=1S/C15H19N3O2/c16-13-6-4-11(5-7-13)15(17)12(10-19)9-18-14-3-1-2-8-20-14/h4-7,9-10,14,17-18H,1-3,8,16H2/b12-9-,17-15?. The van der Waals surface area contributed by atoms with Gasteiger partial charge >= 0.3 is 0 Å². The van der Waals surface area contributed by atoms with Gasteiger partial charge < -0.3 is 15.8 Å². The topological polar surface area (TPSA) is 88.2 Å². The molecule has 5 heteroatoms. The Morgan fingerprint density at radius 3 is 2.70 bits per heavy atom. The first kappa shape index (κ1) is 14.3. The SMILES string of the molecule is N=C(/C(C=O)=C\NC1CCCCO1)c1ccc(N)cc1. The molecule has 1 saturated heterocycles. The quantitative estimate of drug-likeness (QED) is 0.330. The molecule has 106 valence electrons. The summed E-state index contributed by atoms with van der Waals surface area (Å²) >= 11 is 0. The number of ether oxygens (including phenoxy) is 1. The van der Waals surface area contributed by atoms with E-state index in [0.717, 1.165) is 25.9 Å². The number of carbonyl (C=O) groups is 1. The minimum atomic E-state index is -0.0714. The van der Waals surface area contributed by atoms with Crippen molar-refractivity contribution in [2.24, 2.45) is 0 Å². The number of hydrogen-bond donors (Lipinski definition) is 3. The van der Waals surface area contributed by atoms with E-state index in [4.69, 9.17) is 15.9 Å². The molecular weight excluding hydrogens is 254 g/mol. The molecule has 20 heavy (non-hydrogen) atoms. The lowest BCUT2D eigenvalue weighted by Crippen LogP contribution is -2.31. The molecule has 0 amide bonds. The lowest BCUT2D eigenvalue weighted by atomic mass is 10.0. The van der Waals surface area contributed by atoms with Gasteiger partial charge in [0.2, 0.25) is 0 Å². The number of allylic oxidation sites excluding steroid dienone is 1. The van der Waals surface area contributed by atoms with E-state index >= 15 is 0 Å². The van der Waals surface area contributed by atoms with Gasteiger partial charge in [0, 0.05) is 24.1 Å². The molecular formula is C15H19N3O2. The Morgan fingerprint density at radius 2 is 2.10 bits per heavy atom. The molecule has 1 aliphatic rings. The fourth-order valence-electron chi connectivity index (χ4n) is 2.04. The maximum Gasteiger partial charge on any atom is 0.153 e. The summed E-state index contributed by atoms with van der Waals surface area (Å²) in [5.74, 6) is 0. The van der Waals surface area contributed by atoms with Crippen LogP contribution in [0.15, 0.2) is 36.0 Å². The Kier molecular flexibility index (Phi) is 4.90. The number of hydrogen-bond acceptors (Lipinski definition) is 5. The lowest BCUT2D eigenvalue weighted by molar-refractivity contribution is -0.104. The average Bonchev–Trinajstić information content (AvgIpc) is 2.49. The fourth-order valence-corrected chi connectivity index (χ4v) is 2.04. The number of rotatable bonds is 5. The highest BCUT2D eigenvalue weighted by molar-refractivity contribution is 6.21. The van der Waals surface area contributed by atoms with E-state index in [1.54, 1.807) is 30.5 Å². The number of aldehydes is 1. The first-order valence-electron chi connectivity index (χ1n) is 6.68. The molecule has 0 aliphatic carbocycles. The fraction of sp³-hybridized carbons (Fsp3) is 0.333. The van der Waals surface area contributed by atoms with E-state index in [0.29, 0.717) is 23.1 Å². The van der Waals surface area contributed by atoms with Crippen LogP contribution in [-0.4, -0.2) is 24.8 Å². The second-order valence-corrected chi connectivity index (χ2v) is 4.74. The molecule has 1 aromatic rings. The minimum absolute atomic E-state index is 0.0714. The van der Waals surface area contributed by atoms with Crippen molar-refractivity contribution in [3.05, 3.63) is 41.6 Å². The van der Waals surface area contributed by atoms with E-state index in [9.17, 15) is 4.79 Å². The molecule has 5 nitrogen and oxygen atoms in total. The largest absolute Gasteiger partial charge is 0.399 e. The first-order valence-corrected chi connectivity index (χ1v) is 6.68. The van der Waals surface area contributed by atoms with E-state index in [1.165, 1.54) is 0 Å². The van der Waals surface area contributed by atoms with Crippen LogP contribution in [0, 0.1) is 5.41 Å². The number of carbonyl (C=O) groups excluding carboxylic acids is 1. The minimum Gasteiger partial charge on any atom is -0.399 e. The van der Waals surface area contributed by atoms with E-state index < -0.39 is 0 Å². The number of benzene rings is 1. The van der Waals surface area contributed by atoms with E-state index in [2.05, 4.69) is 5.32 Å². The van der Waals surface area contributed by atoms with Crippen molar-refractivity contribution in [2.45, 2.75) is 25.5 Å². The zero-order chi connectivity index (χ0) is 14.4. The molecule has 0 aromatic heterocycles. The van der Waals surface area contributed by atoms with Gasteiger partial charge in [-0.05, 0) is 31.4 Å². The predicted octanol–water partition coefficient (Wildman–Crippen LogP) is 1.84. The molecule has 0 saturated carbocycles. The lowest BCUT2D eigenvalue weighted by Gasteiger charge is -2.22. The highest BCUT2D eigenvalue weighted by atomic mass is 16.5. The number of nitrogens with one attached hydrogen (secondary N) is 2. The second-order valence-electron chi connectivity index (χ2n) is 4.74. The van der Waals surface area contributed by atoms with Crippen molar-refractivity contribution >= 4 is 17.7 Å². The van der Waals surface area contributed by atoms with Crippen LogP contribution in [0.3, 0.4) is 0 Å². The number of nitrogens with two attached hydrogens (primary N) is 1. The van der Waals surface area contributed by atoms with Crippen molar-refractivity contribution in [1.82, 2.24) is 5.32 Å². The van der Waals surface area contributed by atoms with Crippen LogP contribution in [0.2, 0.25) is 0 Å². The van der Waals surface area contributed by atoms with Gasteiger partial charge in [0.15, 0.2) is 6.29 Å². The van der Waals surface area contributed by atoms with Crippen LogP contribution in [0.25, 0.3) is 0 Å². The predicted molar refractivity (Wildman–Crippen MR) is 78.6 cm³/mol. The highest BCUT2D eigenvalue weighted by Crippen LogP contribution is 2.12. The third-order valence-corrected chi connectivity index (χ3v) is 3.22. The van der Waals surface area contributed by atoms with Gasteiger partial charge in [-0.25, -0.2) is 0 Å². The van der Waals surface area contributed by atoms with Crippen molar-refractivity contribution < 1.29 is 9.53 Å².